The van der Waals surface area contributed by atoms with Crippen molar-refractivity contribution in [1.82, 2.24) is 15.5 Å². The molecule has 0 spiro atoms. The number of nitrogens with one attached hydrogen (secondary N) is 2. The van der Waals surface area contributed by atoms with Crippen LogP contribution in [0.3, 0.4) is 0 Å². The van der Waals surface area contributed by atoms with Crippen LogP contribution in [-0.4, -0.2) is 134 Å². The summed E-state index contributed by atoms with van der Waals surface area (Å²) >= 11 is 0. The smallest absolute Gasteiger partial charge is 0.314 e. The number of nitrogens with two attached hydrogens (primary N) is 2. The van der Waals surface area contributed by atoms with Gasteiger partial charge in [0.25, 0.3) is 6.47 Å². The molecule has 0 radical (unpaired) electrons. The van der Waals surface area contributed by atoms with Crippen molar-refractivity contribution in [3.63, 3.8) is 0 Å². The molecule has 0 aromatic heterocycles. The molecule has 2 amide bonds. The second-order valence-corrected chi connectivity index (χ2v) is 12.0. The van der Waals surface area contributed by atoms with Crippen LogP contribution in [-0.2, 0) is 28.5 Å². The van der Waals surface area contributed by atoms with Gasteiger partial charge in [0.2, 0.25) is 0 Å². The molecule has 0 aliphatic carbocycles. The van der Waals surface area contributed by atoms with Crippen LogP contribution in [0, 0.1) is 5.92 Å². The summed E-state index contributed by atoms with van der Waals surface area (Å²) in [5, 5.41) is 15.1. The zero-order valence-electron chi connectivity index (χ0n) is 32.1. The molecule has 1 heterocycles. The van der Waals surface area contributed by atoms with Gasteiger partial charge in [-0.05, 0) is 65.6 Å². The fourth-order valence-corrected chi connectivity index (χ4v) is 4.68. The van der Waals surface area contributed by atoms with Crippen LogP contribution in [0.25, 0.3) is 0 Å². The van der Waals surface area contributed by atoms with Gasteiger partial charge in [0.15, 0.2) is 0 Å². The summed E-state index contributed by atoms with van der Waals surface area (Å²) in [6, 6.07) is -0.173. The molecule has 0 saturated carbocycles. The van der Waals surface area contributed by atoms with E-state index in [1.54, 1.807) is 7.11 Å². The highest BCUT2D eigenvalue weighted by molar-refractivity contribution is 5.73. The van der Waals surface area contributed by atoms with Gasteiger partial charge in [-0.2, -0.15) is 0 Å². The molecule has 13 heteroatoms. The van der Waals surface area contributed by atoms with Gasteiger partial charge >= 0.3 is 6.03 Å². The molecule has 290 valence electrons. The zero-order chi connectivity index (χ0) is 36.9. The Hall–Kier alpha value is -1.58. The molecule has 1 aliphatic rings. The lowest BCUT2D eigenvalue weighted by Gasteiger charge is -2.33. The molecule has 7 N–H and O–H groups in total. The summed E-state index contributed by atoms with van der Waals surface area (Å²) < 4.78 is 25.5. The number of likely N-dealkylation sites (N-methyl/N-ethyl adjacent to an activating group) is 1. The number of urea groups is 1. The Morgan fingerprint density at radius 1 is 0.958 bits per heavy atom. The molecule has 1 fully saturated rings. The molecule has 0 aromatic carbocycles. The quantitative estimate of drug-likeness (QED) is 0.0695. The van der Waals surface area contributed by atoms with Gasteiger partial charge in [-0.3, -0.25) is 4.79 Å². The van der Waals surface area contributed by atoms with Crippen molar-refractivity contribution in [2.75, 3.05) is 93.6 Å². The van der Waals surface area contributed by atoms with Crippen LogP contribution >= 0.6 is 0 Å². The molecule has 4 unspecified atom stereocenters. The maximum Gasteiger partial charge on any atom is 0.314 e. The molecule has 4 atom stereocenters. The first kappa shape index (κ1) is 50.8. The van der Waals surface area contributed by atoms with Crippen molar-refractivity contribution in [2.45, 2.75) is 117 Å². The van der Waals surface area contributed by atoms with Gasteiger partial charge < -0.3 is 55.8 Å². The monoisotopic (exact) mass is 696 g/mol. The van der Waals surface area contributed by atoms with Crippen LogP contribution < -0.4 is 22.1 Å². The van der Waals surface area contributed by atoms with E-state index in [1.807, 2.05) is 32.8 Å². The molecule has 0 bridgehead atoms. The number of nitrogens with zero attached hydrogens (tertiary/aromatic N) is 1. The van der Waals surface area contributed by atoms with Crippen molar-refractivity contribution in [3.05, 3.63) is 0 Å². The Labute approximate surface area is 293 Å². The van der Waals surface area contributed by atoms with Crippen molar-refractivity contribution in [1.29, 1.82) is 0 Å². The number of rotatable bonds is 25. The standard InChI is InChI=1S/C19H42N4O4.C9H18O2.C5H11NO2.C2H6/c1-3-4-7-19(21,8-5-10-20)9-6-11-22-18(24)23-12-13-26-16-17-27-15-14-25-2;1-3-4-9-7(2)8(10)5-6-11-9;1-6(2)3-4-8-5-7;1-2/h3-17,20-21H2,1-2H3,(H2,22,23,24);7-10H,3-6H2,1-2H3;5H,3-4H2,1-2H3;1-2H3. The Bertz CT molecular complexity index is 669. The zero-order valence-corrected chi connectivity index (χ0v) is 32.1. The summed E-state index contributed by atoms with van der Waals surface area (Å²) in [6.45, 7) is 17.3. The molecular weight excluding hydrogens is 618 g/mol. The summed E-state index contributed by atoms with van der Waals surface area (Å²) in [5.41, 5.74) is 12.0. The molecule has 48 heavy (non-hydrogen) atoms. The summed E-state index contributed by atoms with van der Waals surface area (Å²) in [4.78, 5) is 23.2. The number of carbonyl (C=O) groups excluding carboxylic acids is 2. The highest BCUT2D eigenvalue weighted by Crippen LogP contribution is 2.24. The number of aliphatic hydroxyl groups is 1. The molecule has 1 rings (SSSR count). The first-order valence-electron chi connectivity index (χ1n) is 18.2. The number of hydrogen-bond acceptors (Lipinski definition) is 11. The van der Waals surface area contributed by atoms with Gasteiger partial charge in [-0.15, -0.1) is 0 Å². The van der Waals surface area contributed by atoms with Crippen molar-refractivity contribution >= 4 is 12.5 Å². The topological polar surface area (TPSA) is 180 Å². The second-order valence-electron chi connectivity index (χ2n) is 12.0. The third-order valence-corrected chi connectivity index (χ3v) is 7.62. The third kappa shape index (κ3) is 34.3. The Balaban J connectivity index is -0.000000779. The first-order valence-corrected chi connectivity index (χ1v) is 18.2. The molecule has 0 aromatic rings. The number of hydrogen-bond donors (Lipinski definition) is 5. The van der Waals surface area contributed by atoms with Gasteiger partial charge in [0.1, 0.15) is 6.61 Å². The van der Waals surface area contributed by atoms with E-state index < -0.39 is 0 Å². The molecule has 1 saturated heterocycles. The highest BCUT2D eigenvalue weighted by Gasteiger charge is 2.28. The van der Waals surface area contributed by atoms with Crippen molar-refractivity contribution in [3.8, 4) is 0 Å². The SMILES string of the molecule is CC.CCCC1OCCC(O)C1C.CCCCC(N)(CCCN)CCCNC(=O)NCCOCCOCCOC.CN(C)CCOC=O. The van der Waals surface area contributed by atoms with Crippen LogP contribution in [0.5, 0.6) is 0 Å². The lowest BCUT2D eigenvalue weighted by atomic mass is 9.84. The van der Waals surface area contributed by atoms with E-state index in [1.165, 1.54) is 0 Å². The Kier molecular flexibility index (Phi) is 40.5. The highest BCUT2D eigenvalue weighted by atomic mass is 16.5. The fraction of sp³-hybridized carbons (Fsp3) is 0.943. The van der Waals surface area contributed by atoms with E-state index in [0.29, 0.717) is 77.8 Å². The van der Waals surface area contributed by atoms with E-state index in [4.69, 9.17) is 30.4 Å². The van der Waals surface area contributed by atoms with Gasteiger partial charge in [-0.1, -0.05) is 53.9 Å². The van der Waals surface area contributed by atoms with E-state index in [-0.39, 0.29) is 17.7 Å². The number of carbonyl (C=O) groups is 2. The molecule has 1 aliphatic heterocycles. The van der Waals surface area contributed by atoms with Crippen molar-refractivity contribution in [2.24, 2.45) is 17.4 Å². The summed E-state index contributed by atoms with van der Waals surface area (Å²) in [6.07, 6.45) is 10.1. The fourth-order valence-electron chi connectivity index (χ4n) is 4.68. The van der Waals surface area contributed by atoms with E-state index in [0.717, 1.165) is 77.4 Å². The number of ether oxygens (including phenoxy) is 5. The van der Waals surface area contributed by atoms with E-state index in [9.17, 15) is 14.7 Å². The van der Waals surface area contributed by atoms with E-state index in [2.05, 4.69) is 36.1 Å². The Morgan fingerprint density at radius 3 is 2.15 bits per heavy atom. The predicted molar refractivity (Wildman–Crippen MR) is 195 cm³/mol. The summed E-state index contributed by atoms with van der Waals surface area (Å²) in [7, 11) is 5.49. The maximum atomic E-state index is 11.8. The van der Waals surface area contributed by atoms with Crippen LogP contribution in [0.2, 0.25) is 0 Å². The van der Waals surface area contributed by atoms with Crippen LogP contribution in [0.15, 0.2) is 0 Å². The molecular formula is C35H77N5O8. The normalized spacial score (nSPS) is 18.1. The number of methoxy groups -OCH3 is 1. The minimum atomic E-state index is -0.173. The predicted octanol–water partition coefficient (Wildman–Crippen LogP) is 3.69. The van der Waals surface area contributed by atoms with Crippen molar-refractivity contribution < 1.29 is 38.4 Å². The number of aliphatic hydroxyl groups excluding tert-OH is 1. The van der Waals surface area contributed by atoms with E-state index >= 15 is 0 Å². The van der Waals surface area contributed by atoms with Gasteiger partial charge in [-0.25, -0.2) is 4.79 Å². The lowest BCUT2D eigenvalue weighted by molar-refractivity contribution is -0.128. The lowest BCUT2D eigenvalue weighted by Crippen LogP contribution is -2.42. The van der Waals surface area contributed by atoms with Gasteiger partial charge in [0.05, 0.1) is 45.2 Å². The molecule has 13 nitrogen and oxygen atoms in total. The first-order chi connectivity index (χ1) is 23.1. The Morgan fingerprint density at radius 2 is 1.56 bits per heavy atom. The third-order valence-electron chi connectivity index (χ3n) is 7.62. The van der Waals surface area contributed by atoms with Crippen LogP contribution in [0.1, 0.15) is 98.8 Å². The minimum absolute atomic E-state index is 0.139. The largest absolute Gasteiger partial charge is 0.467 e. The maximum absolute atomic E-state index is 11.8. The minimum Gasteiger partial charge on any atom is -0.467 e. The average Bonchev–Trinajstić information content (AvgIpc) is 3.08. The van der Waals surface area contributed by atoms with Crippen LogP contribution in [0.4, 0.5) is 4.79 Å². The number of unbranched alkanes of at least 4 members (excludes halogenated alkanes) is 1. The average molecular weight is 696 g/mol. The van der Waals surface area contributed by atoms with Gasteiger partial charge in [0, 0.05) is 44.8 Å². The summed E-state index contributed by atoms with van der Waals surface area (Å²) in [5.74, 6) is 0.323. The number of amides is 2. The second kappa shape index (κ2) is 38.2.